The number of aryl methyl sites for hydroxylation is 1. The Hall–Kier alpha value is -2.25. The molecule has 0 atom stereocenters. The van der Waals surface area contributed by atoms with Gasteiger partial charge in [0.25, 0.3) is 0 Å². The van der Waals surface area contributed by atoms with Crippen LogP contribution in [0.15, 0.2) is 24.5 Å². The lowest BCUT2D eigenvalue weighted by atomic mass is 10.2. The highest BCUT2D eigenvalue weighted by Crippen LogP contribution is 2.25. The van der Waals surface area contributed by atoms with Crippen LogP contribution in [0.2, 0.25) is 5.15 Å². The molecule has 1 aliphatic rings. The third-order valence-corrected chi connectivity index (χ3v) is 4.07. The predicted octanol–water partition coefficient (Wildman–Crippen LogP) is 1.92. The van der Waals surface area contributed by atoms with Crippen LogP contribution >= 0.6 is 11.6 Å². The SMILES string of the molecule is Cn1ncc2ncc(-c3cc(Cl)nc(N4CCOCC4)n3)cc21. The van der Waals surface area contributed by atoms with E-state index in [-0.39, 0.29) is 0 Å². The van der Waals surface area contributed by atoms with Gasteiger partial charge in [-0.2, -0.15) is 5.10 Å². The second kappa shape index (κ2) is 5.75. The normalized spacial score (nSPS) is 15.3. The van der Waals surface area contributed by atoms with E-state index in [1.54, 1.807) is 23.1 Å². The lowest BCUT2D eigenvalue weighted by Gasteiger charge is -2.27. The van der Waals surface area contributed by atoms with Gasteiger partial charge in [-0.05, 0) is 6.07 Å². The van der Waals surface area contributed by atoms with Gasteiger partial charge in [0, 0.05) is 38.0 Å². The summed E-state index contributed by atoms with van der Waals surface area (Å²) in [6, 6.07) is 3.77. The molecule has 0 unspecified atom stereocenters. The van der Waals surface area contributed by atoms with E-state index in [9.17, 15) is 0 Å². The Morgan fingerprint density at radius 3 is 2.78 bits per heavy atom. The number of hydrogen-bond donors (Lipinski definition) is 0. The van der Waals surface area contributed by atoms with Crippen LogP contribution in [0.4, 0.5) is 5.95 Å². The van der Waals surface area contributed by atoms with Crippen molar-refractivity contribution >= 4 is 28.6 Å². The minimum Gasteiger partial charge on any atom is -0.378 e. The second-order valence-electron chi connectivity index (χ2n) is 5.37. The Morgan fingerprint density at radius 1 is 1.13 bits per heavy atom. The van der Waals surface area contributed by atoms with Crippen LogP contribution in [0.5, 0.6) is 0 Å². The molecule has 7 nitrogen and oxygen atoms in total. The molecule has 3 aromatic heterocycles. The molecule has 4 rings (SSSR count). The number of anilines is 1. The molecule has 0 bridgehead atoms. The van der Waals surface area contributed by atoms with Crippen LogP contribution in [0.25, 0.3) is 22.3 Å². The summed E-state index contributed by atoms with van der Waals surface area (Å²) in [5, 5.41) is 4.63. The number of nitrogens with zero attached hydrogens (tertiary/aromatic N) is 6. The minimum absolute atomic E-state index is 0.418. The van der Waals surface area contributed by atoms with Crippen LogP contribution in [-0.2, 0) is 11.8 Å². The number of halogens is 1. The number of rotatable bonds is 2. The van der Waals surface area contributed by atoms with Crippen molar-refractivity contribution in [2.24, 2.45) is 7.05 Å². The van der Waals surface area contributed by atoms with Crippen molar-refractivity contribution in [3.63, 3.8) is 0 Å². The first-order valence-corrected chi connectivity index (χ1v) is 7.74. The highest BCUT2D eigenvalue weighted by Gasteiger charge is 2.16. The molecular weight excluding hydrogens is 316 g/mol. The van der Waals surface area contributed by atoms with Gasteiger partial charge in [-0.3, -0.25) is 9.67 Å². The van der Waals surface area contributed by atoms with E-state index >= 15 is 0 Å². The number of morpholine rings is 1. The van der Waals surface area contributed by atoms with E-state index < -0.39 is 0 Å². The molecule has 8 heteroatoms. The summed E-state index contributed by atoms with van der Waals surface area (Å²) in [5.74, 6) is 0.626. The predicted molar refractivity (Wildman–Crippen MR) is 87.6 cm³/mol. The quantitative estimate of drug-likeness (QED) is 0.669. The molecule has 118 valence electrons. The van der Waals surface area contributed by atoms with E-state index in [1.807, 2.05) is 13.1 Å². The summed E-state index contributed by atoms with van der Waals surface area (Å²) in [4.78, 5) is 15.5. The highest BCUT2D eigenvalue weighted by atomic mass is 35.5. The maximum atomic E-state index is 6.20. The smallest absolute Gasteiger partial charge is 0.227 e. The Kier molecular flexibility index (Phi) is 3.59. The van der Waals surface area contributed by atoms with Gasteiger partial charge in [0.2, 0.25) is 5.95 Å². The Labute approximate surface area is 137 Å². The zero-order valence-electron chi connectivity index (χ0n) is 12.6. The summed E-state index contributed by atoms with van der Waals surface area (Å²) in [6.07, 6.45) is 3.52. The lowest BCUT2D eigenvalue weighted by molar-refractivity contribution is 0.122. The van der Waals surface area contributed by atoms with Crippen molar-refractivity contribution in [2.75, 3.05) is 31.2 Å². The number of ether oxygens (including phenoxy) is 1. The van der Waals surface area contributed by atoms with E-state index in [2.05, 4.69) is 25.0 Å². The van der Waals surface area contributed by atoms with E-state index in [4.69, 9.17) is 16.3 Å². The molecule has 1 fully saturated rings. The number of aromatic nitrogens is 5. The lowest BCUT2D eigenvalue weighted by Crippen LogP contribution is -2.37. The van der Waals surface area contributed by atoms with Crippen LogP contribution in [0.1, 0.15) is 0 Å². The van der Waals surface area contributed by atoms with Gasteiger partial charge in [-0.15, -0.1) is 0 Å². The van der Waals surface area contributed by atoms with Gasteiger partial charge < -0.3 is 9.64 Å². The molecule has 0 saturated carbocycles. The van der Waals surface area contributed by atoms with Gasteiger partial charge in [0.1, 0.15) is 10.7 Å². The first kappa shape index (κ1) is 14.3. The molecule has 0 aliphatic carbocycles. The number of hydrogen-bond acceptors (Lipinski definition) is 6. The molecule has 1 aliphatic heterocycles. The largest absolute Gasteiger partial charge is 0.378 e. The minimum atomic E-state index is 0.418. The summed E-state index contributed by atoms with van der Waals surface area (Å²) >= 11 is 6.20. The molecule has 3 aromatic rings. The summed E-state index contributed by atoms with van der Waals surface area (Å²) in [7, 11) is 1.89. The molecule has 1 saturated heterocycles. The topological polar surface area (TPSA) is 69.0 Å². The van der Waals surface area contributed by atoms with Gasteiger partial charge in [-0.1, -0.05) is 11.6 Å². The summed E-state index contributed by atoms with van der Waals surface area (Å²) in [6.45, 7) is 2.87. The zero-order valence-corrected chi connectivity index (χ0v) is 13.4. The molecule has 0 spiro atoms. The summed E-state index contributed by atoms with van der Waals surface area (Å²) < 4.78 is 7.16. The highest BCUT2D eigenvalue weighted by molar-refractivity contribution is 6.29. The third-order valence-electron chi connectivity index (χ3n) is 3.87. The molecule has 0 amide bonds. The fourth-order valence-electron chi connectivity index (χ4n) is 2.62. The van der Waals surface area contributed by atoms with Crippen molar-refractivity contribution in [1.29, 1.82) is 0 Å². The molecule has 0 radical (unpaired) electrons. The summed E-state index contributed by atoms with van der Waals surface area (Å²) in [5.41, 5.74) is 3.44. The van der Waals surface area contributed by atoms with Crippen molar-refractivity contribution in [3.05, 3.63) is 29.7 Å². The molecule has 4 heterocycles. The van der Waals surface area contributed by atoms with E-state index in [0.717, 1.165) is 35.4 Å². The van der Waals surface area contributed by atoms with Crippen LogP contribution in [-0.4, -0.2) is 51.0 Å². The monoisotopic (exact) mass is 330 g/mol. The van der Waals surface area contributed by atoms with Gasteiger partial charge in [-0.25, -0.2) is 9.97 Å². The third kappa shape index (κ3) is 2.73. The first-order valence-electron chi connectivity index (χ1n) is 7.36. The number of fused-ring (bicyclic) bond motifs is 1. The first-order chi connectivity index (χ1) is 11.2. The van der Waals surface area contributed by atoms with Crippen molar-refractivity contribution in [2.45, 2.75) is 0 Å². The fourth-order valence-corrected chi connectivity index (χ4v) is 2.80. The Balaban J connectivity index is 1.77. The zero-order chi connectivity index (χ0) is 15.8. The van der Waals surface area contributed by atoms with E-state index in [1.165, 1.54) is 0 Å². The second-order valence-corrected chi connectivity index (χ2v) is 5.76. The maximum absolute atomic E-state index is 6.20. The number of pyridine rings is 1. The maximum Gasteiger partial charge on any atom is 0.227 e. The van der Waals surface area contributed by atoms with Crippen LogP contribution in [0.3, 0.4) is 0 Å². The fraction of sp³-hybridized carbons (Fsp3) is 0.333. The van der Waals surface area contributed by atoms with Crippen molar-refractivity contribution < 1.29 is 4.74 Å². The van der Waals surface area contributed by atoms with Crippen LogP contribution in [0, 0.1) is 0 Å². The molecule has 23 heavy (non-hydrogen) atoms. The van der Waals surface area contributed by atoms with Gasteiger partial charge >= 0.3 is 0 Å². The molecule has 0 N–H and O–H groups in total. The Bertz CT molecular complexity index is 858. The molecular formula is C15H15ClN6O. The van der Waals surface area contributed by atoms with E-state index in [0.29, 0.717) is 24.3 Å². The van der Waals surface area contributed by atoms with Crippen molar-refractivity contribution in [3.8, 4) is 11.3 Å². The molecule has 0 aromatic carbocycles. The van der Waals surface area contributed by atoms with Crippen molar-refractivity contribution in [1.82, 2.24) is 24.7 Å². The average molecular weight is 331 g/mol. The average Bonchev–Trinajstić information content (AvgIpc) is 2.96. The van der Waals surface area contributed by atoms with Gasteiger partial charge in [0.05, 0.1) is 30.6 Å². The standard InChI is InChI=1S/C15H15ClN6O/c1-21-13-6-10(8-17-12(13)9-18-21)11-7-14(16)20-15(19-11)22-2-4-23-5-3-22/h6-9H,2-5H2,1H3. The Morgan fingerprint density at radius 2 is 1.96 bits per heavy atom. The van der Waals surface area contributed by atoms with Crippen LogP contribution < -0.4 is 4.90 Å². The van der Waals surface area contributed by atoms with Gasteiger partial charge in [0.15, 0.2) is 0 Å².